The molecule has 0 radical (unpaired) electrons. The summed E-state index contributed by atoms with van der Waals surface area (Å²) in [5.74, 6) is 0.00981. The van der Waals surface area contributed by atoms with Gasteiger partial charge < -0.3 is 0 Å². The Kier molecular flexibility index (Phi) is 1.28. The van der Waals surface area contributed by atoms with Crippen molar-refractivity contribution in [2.75, 3.05) is 0 Å². The molecule has 1 unspecified atom stereocenters. The summed E-state index contributed by atoms with van der Waals surface area (Å²) in [4.78, 5) is 19.1. The lowest BCUT2D eigenvalue weighted by molar-refractivity contribution is -0.114. The molecule has 0 aromatic carbocycles. The number of carbonyl (C=O) groups excluding carboxylic acids is 1. The van der Waals surface area contributed by atoms with Gasteiger partial charge in [0.2, 0.25) is 0 Å². The number of rotatable bonds is 0. The van der Waals surface area contributed by atoms with Gasteiger partial charge in [0.05, 0.1) is 5.71 Å². The van der Waals surface area contributed by atoms with Crippen molar-refractivity contribution in [3.8, 4) is 0 Å². The molecule has 0 saturated carbocycles. The molecule has 2 aliphatic rings. The molecule has 0 fully saturated rings. The van der Waals surface area contributed by atoms with Crippen LogP contribution in [-0.4, -0.2) is 23.8 Å². The standard InChI is InChI=1S/C8H6N2O/c11-7-3-5-9-6-2-1-4-10-8(6)7/h1-5,8H. The Balaban J connectivity index is 2.43. The van der Waals surface area contributed by atoms with Gasteiger partial charge in [0, 0.05) is 18.5 Å². The molecule has 2 heterocycles. The highest BCUT2D eigenvalue weighted by Gasteiger charge is 2.22. The van der Waals surface area contributed by atoms with Crippen LogP contribution in [-0.2, 0) is 4.79 Å². The van der Waals surface area contributed by atoms with Crippen LogP contribution in [0, 0.1) is 0 Å². The second-order valence-electron chi connectivity index (χ2n) is 2.33. The van der Waals surface area contributed by atoms with Gasteiger partial charge in [0.25, 0.3) is 0 Å². The van der Waals surface area contributed by atoms with Crippen molar-refractivity contribution in [3.05, 3.63) is 24.4 Å². The largest absolute Gasteiger partial charge is 0.292 e. The van der Waals surface area contributed by atoms with E-state index in [0.717, 1.165) is 5.71 Å². The van der Waals surface area contributed by atoms with Crippen LogP contribution < -0.4 is 0 Å². The van der Waals surface area contributed by atoms with Crippen molar-refractivity contribution in [2.24, 2.45) is 9.98 Å². The summed E-state index contributed by atoms with van der Waals surface area (Å²) in [7, 11) is 0. The zero-order valence-electron chi connectivity index (χ0n) is 5.77. The normalized spacial score (nSPS) is 26.7. The molecule has 54 valence electrons. The minimum atomic E-state index is -0.370. The first-order valence-corrected chi connectivity index (χ1v) is 3.36. The van der Waals surface area contributed by atoms with E-state index in [2.05, 4.69) is 9.98 Å². The number of ketones is 1. The highest BCUT2D eigenvalue weighted by molar-refractivity contribution is 6.21. The van der Waals surface area contributed by atoms with Crippen LogP contribution in [0.5, 0.6) is 0 Å². The molecule has 0 bridgehead atoms. The molecule has 0 aliphatic carbocycles. The monoisotopic (exact) mass is 146 g/mol. The van der Waals surface area contributed by atoms with Crippen LogP contribution in [0.15, 0.2) is 34.4 Å². The van der Waals surface area contributed by atoms with Crippen molar-refractivity contribution in [1.82, 2.24) is 0 Å². The smallest absolute Gasteiger partial charge is 0.187 e. The number of dihydropyridines is 1. The first-order valence-electron chi connectivity index (χ1n) is 3.36. The van der Waals surface area contributed by atoms with Crippen LogP contribution in [0.4, 0.5) is 0 Å². The highest BCUT2D eigenvalue weighted by Crippen LogP contribution is 2.08. The van der Waals surface area contributed by atoms with Gasteiger partial charge in [-0.2, -0.15) is 0 Å². The fourth-order valence-corrected chi connectivity index (χ4v) is 1.07. The quantitative estimate of drug-likeness (QED) is 0.491. The van der Waals surface area contributed by atoms with Gasteiger partial charge in [-0.3, -0.25) is 14.8 Å². The molecule has 0 amide bonds. The Bertz CT molecular complexity index is 310. The molecule has 0 spiro atoms. The van der Waals surface area contributed by atoms with Crippen molar-refractivity contribution in [3.63, 3.8) is 0 Å². The second-order valence-corrected chi connectivity index (χ2v) is 2.33. The third-order valence-corrected chi connectivity index (χ3v) is 1.60. The number of nitrogens with zero attached hydrogens (tertiary/aromatic N) is 2. The van der Waals surface area contributed by atoms with E-state index < -0.39 is 0 Å². The first-order chi connectivity index (χ1) is 5.38. The number of fused-ring (bicyclic) bond motifs is 1. The highest BCUT2D eigenvalue weighted by atomic mass is 16.1. The third kappa shape index (κ3) is 0.941. The lowest BCUT2D eigenvalue weighted by Crippen LogP contribution is -2.29. The molecule has 3 heteroatoms. The average molecular weight is 146 g/mol. The van der Waals surface area contributed by atoms with Crippen molar-refractivity contribution in [2.45, 2.75) is 6.04 Å². The van der Waals surface area contributed by atoms with Gasteiger partial charge in [0.1, 0.15) is 0 Å². The summed E-state index contributed by atoms with van der Waals surface area (Å²) in [6.07, 6.45) is 8.17. The molecule has 0 aromatic heterocycles. The molecule has 1 atom stereocenters. The molecule has 2 rings (SSSR count). The molecule has 11 heavy (non-hydrogen) atoms. The van der Waals surface area contributed by atoms with Crippen LogP contribution in [0.2, 0.25) is 0 Å². The van der Waals surface area contributed by atoms with Gasteiger partial charge >= 0.3 is 0 Å². The first kappa shape index (κ1) is 6.22. The molecule has 3 nitrogen and oxygen atoms in total. The summed E-state index contributed by atoms with van der Waals surface area (Å²) >= 11 is 0. The zero-order chi connectivity index (χ0) is 7.68. The molecule has 0 N–H and O–H groups in total. The van der Waals surface area contributed by atoms with E-state index in [0.29, 0.717) is 0 Å². The minimum absolute atomic E-state index is 0.00981. The third-order valence-electron chi connectivity index (χ3n) is 1.60. The maximum absolute atomic E-state index is 11.1. The Morgan fingerprint density at radius 3 is 3.09 bits per heavy atom. The summed E-state index contributed by atoms with van der Waals surface area (Å²) < 4.78 is 0. The Labute approximate surface area is 63.9 Å². The maximum Gasteiger partial charge on any atom is 0.187 e. The maximum atomic E-state index is 11.1. The van der Waals surface area contributed by atoms with Gasteiger partial charge in [-0.05, 0) is 12.2 Å². The van der Waals surface area contributed by atoms with E-state index in [1.54, 1.807) is 18.4 Å². The van der Waals surface area contributed by atoms with Gasteiger partial charge in [-0.25, -0.2) is 0 Å². The Morgan fingerprint density at radius 1 is 1.36 bits per heavy atom. The Hall–Kier alpha value is -1.51. The zero-order valence-corrected chi connectivity index (χ0v) is 5.77. The summed E-state index contributed by atoms with van der Waals surface area (Å²) in [6, 6.07) is -0.370. The van der Waals surface area contributed by atoms with E-state index >= 15 is 0 Å². The number of hydrogen-bond acceptors (Lipinski definition) is 3. The molecule has 2 aliphatic heterocycles. The number of hydrogen-bond donors (Lipinski definition) is 0. The van der Waals surface area contributed by atoms with Crippen molar-refractivity contribution >= 4 is 17.7 Å². The predicted octanol–water partition coefficient (Wildman–Crippen LogP) is 0.533. The predicted molar refractivity (Wildman–Crippen MR) is 43.0 cm³/mol. The lowest BCUT2D eigenvalue weighted by Gasteiger charge is -2.13. The average Bonchev–Trinajstić information content (AvgIpc) is 2.06. The van der Waals surface area contributed by atoms with Crippen molar-refractivity contribution in [1.29, 1.82) is 0 Å². The topological polar surface area (TPSA) is 41.8 Å². The van der Waals surface area contributed by atoms with Crippen LogP contribution in [0.25, 0.3) is 0 Å². The van der Waals surface area contributed by atoms with Gasteiger partial charge in [0.15, 0.2) is 11.8 Å². The minimum Gasteiger partial charge on any atom is -0.292 e. The summed E-state index contributed by atoms with van der Waals surface area (Å²) in [5, 5.41) is 0. The Morgan fingerprint density at radius 2 is 2.27 bits per heavy atom. The van der Waals surface area contributed by atoms with E-state index in [9.17, 15) is 4.79 Å². The SMILES string of the molecule is O=C1C=CN=C2C=CC=NC12. The van der Waals surface area contributed by atoms with E-state index in [1.165, 1.54) is 12.3 Å². The number of allylic oxidation sites excluding steroid dienone is 1. The lowest BCUT2D eigenvalue weighted by atomic mass is 10.0. The second kappa shape index (κ2) is 2.27. The van der Waals surface area contributed by atoms with Crippen molar-refractivity contribution < 1.29 is 4.79 Å². The molecule has 0 saturated heterocycles. The molecular formula is C8H6N2O. The molecular weight excluding hydrogens is 140 g/mol. The fourth-order valence-electron chi connectivity index (χ4n) is 1.07. The van der Waals surface area contributed by atoms with Crippen LogP contribution >= 0.6 is 0 Å². The van der Waals surface area contributed by atoms with Crippen LogP contribution in [0.1, 0.15) is 0 Å². The summed E-state index contributed by atoms with van der Waals surface area (Å²) in [6.45, 7) is 0. The van der Waals surface area contributed by atoms with E-state index in [4.69, 9.17) is 0 Å². The molecule has 0 aromatic rings. The van der Waals surface area contributed by atoms with E-state index in [-0.39, 0.29) is 11.8 Å². The summed E-state index contributed by atoms with van der Waals surface area (Å²) in [5.41, 5.74) is 0.736. The fraction of sp³-hybridized carbons (Fsp3) is 0.125. The van der Waals surface area contributed by atoms with E-state index in [1.807, 2.05) is 0 Å². The van der Waals surface area contributed by atoms with Gasteiger partial charge in [-0.1, -0.05) is 0 Å². The van der Waals surface area contributed by atoms with Gasteiger partial charge in [-0.15, -0.1) is 0 Å². The number of carbonyl (C=O) groups is 1. The number of aliphatic imine (C=N–C) groups is 2. The van der Waals surface area contributed by atoms with Crippen LogP contribution in [0.3, 0.4) is 0 Å².